The first-order chi connectivity index (χ1) is 35.2. The molecular formula is C61H117NO10. The van der Waals surface area contributed by atoms with Crippen molar-refractivity contribution in [2.75, 3.05) is 13.2 Å². The largest absolute Gasteiger partial charge is 0.394 e. The molecule has 0 aliphatic carbocycles. The van der Waals surface area contributed by atoms with Gasteiger partial charge >= 0.3 is 0 Å². The molecule has 1 amide bonds. The molecule has 1 heterocycles. The zero-order chi connectivity index (χ0) is 52.5. The van der Waals surface area contributed by atoms with Crippen molar-refractivity contribution in [1.82, 2.24) is 5.32 Å². The van der Waals surface area contributed by atoms with E-state index in [9.17, 15) is 40.5 Å². The van der Waals surface area contributed by atoms with Crippen LogP contribution in [0.15, 0.2) is 24.3 Å². The van der Waals surface area contributed by atoms with Crippen molar-refractivity contribution in [2.45, 2.75) is 345 Å². The van der Waals surface area contributed by atoms with Crippen LogP contribution in [0.3, 0.4) is 0 Å². The van der Waals surface area contributed by atoms with Gasteiger partial charge in [0.15, 0.2) is 6.29 Å². The Balaban J connectivity index is 2.09. The molecule has 11 heteroatoms. The van der Waals surface area contributed by atoms with Crippen LogP contribution in [-0.2, 0) is 14.3 Å². The quantitative estimate of drug-likeness (QED) is 0.0215. The van der Waals surface area contributed by atoms with Crippen LogP contribution in [0.4, 0.5) is 0 Å². The lowest BCUT2D eigenvalue weighted by molar-refractivity contribution is -0.303. The van der Waals surface area contributed by atoms with E-state index in [0.29, 0.717) is 12.8 Å². The van der Waals surface area contributed by atoms with Crippen LogP contribution < -0.4 is 5.32 Å². The Labute approximate surface area is 442 Å². The average molecular weight is 1020 g/mol. The summed E-state index contributed by atoms with van der Waals surface area (Å²) in [6, 6.07) is -1.18. The van der Waals surface area contributed by atoms with E-state index in [2.05, 4.69) is 43.5 Å². The number of carbonyl (C=O) groups excluding carboxylic acids is 1. The molecule has 0 aromatic rings. The van der Waals surface area contributed by atoms with Crippen LogP contribution >= 0.6 is 0 Å². The molecule has 1 fully saturated rings. The second-order valence-electron chi connectivity index (χ2n) is 21.8. The summed E-state index contributed by atoms with van der Waals surface area (Å²) in [5, 5.41) is 75.7. The normalized spacial score (nSPS) is 20.2. The van der Waals surface area contributed by atoms with E-state index in [0.717, 1.165) is 38.5 Å². The molecule has 8 N–H and O–H groups in total. The minimum atomic E-state index is -1.67. The fourth-order valence-electron chi connectivity index (χ4n) is 9.97. The maximum atomic E-state index is 13.1. The lowest BCUT2D eigenvalue weighted by Crippen LogP contribution is -2.60. The molecule has 9 unspecified atom stereocenters. The molecule has 0 spiro atoms. The van der Waals surface area contributed by atoms with Gasteiger partial charge in [0.25, 0.3) is 0 Å². The third-order valence-electron chi connectivity index (χ3n) is 15.0. The van der Waals surface area contributed by atoms with Gasteiger partial charge in [-0.05, 0) is 64.2 Å². The van der Waals surface area contributed by atoms with Gasteiger partial charge in [0, 0.05) is 0 Å². The van der Waals surface area contributed by atoms with E-state index < -0.39 is 74.2 Å². The van der Waals surface area contributed by atoms with Crippen LogP contribution in [0.5, 0.6) is 0 Å². The Morgan fingerprint density at radius 1 is 0.472 bits per heavy atom. The highest BCUT2D eigenvalue weighted by molar-refractivity contribution is 5.80. The zero-order valence-corrected chi connectivity index (χ0v) is 46.7. The first-order valence-electron chi connectivity index (χ1n) is 30.7. The van der Waals surface area contributed by atoms with Gasteiger partial charge < -0.3 is 50.5 Å². The maximum absolute atomic E-state index is 13.1. The molecule has 0 aromatic heterocycles. The lowest BCUT2D eigenvalue weighted by atomic mass is 9.98. The molecule has 0 bridgehead atoms. The van der Waals surface area contributed by atoms with Crippen molar-refractivity contribution >= 4 is 5.91 Å². The molecule has 0 saturated carbocycles. The number of carbonyl (C=O) groups is 1. The van der Waals surface area contributed by atoms with E-state index in [-0.39, 0.29) is 12.8 Å². The minimum Gasteiger partial charge on any atom is -0.394 e. The summed E-state index contributed by atoms with van der Waals surface area (Å²) in [6.07, 6.45) is 50.2. The van der Waals surface area contributed by atoms with Crippen molar-refractivity contribution in [1.29, 1.82) is 0 Å². The van der Waals surface area contributed by atoms with Gasteiger partial charge in [-0.2, -0.15) is 0 Å². The summed E-state index contributed by atoms with van der Waals surface area (Å²) in [5.74, 6) is -0.705. The van der Waals surface area contributed by atoms with E-state index in [4.69, 9.17) is 9.47 Å². The molecule has 0 radical (unpaired) electrons. The standard InChI is InChI=1S/C61H117NO10/c1-3-5-7-9-11-13-14-15-16-17-18-19-20-21-22-23-24-25-26-27-28-29-30-31-32-33-34-35-36-37-38-39-41-43-45-47-49-54(65)60(70)62-52(51-71-61-59(69)58(68)57(67)55(50-63)72-61)56(66)53(64)48-46-44-42-40-12-10-8-6-4-2/h25-26,40,42,52-59,61,63-69H,3-24,27-39,41,43-51H2,1-2H3,(H,62,70)/b26-25-,42-40+. The molecule has 1 aliphatic heterocycles. The van der Waals surface area contributed by atoms with Crippen LogP contribution in [0.2, 0.25) is 0 Å². The summed E-state index contributed by atoms with van der Waals surface area (Å²) in [7, 11) is 0. The van der Waals surface area contributed by atoms with Gasteiger partial charge in [0.1, 0.15) is 36.6 Å². The number of hydrogen-bond acceptors (Lipinski definition) is 10. The van der Waals surface area contributed by atoms with Crippen molar-refractivity contribution in [3.63, 3.8) is 0 Å². The van der Waals surface area contributed by atoms with Gasteiger partial charge in [0.2, 0.25) is 5.91 Å². The minimum absolute atomic E-state index is 0.256. The van der Waals surface area contributed by atoms with Gasteiger partial charge in [-0.3, -0.25) is 4.79 Å². The van der Waals surface area contributed by atoms with Gasteiger partial charge in [-0.15, -0.1) is 0 Å². The summed E-state index contributed by atoms with van der Waals surface area (Å²) >= 11 is 0. The molecule has 1 saturated heterocycles. The number of aliphatic hydroxyl groups excluding tert-OH is 7. The molecule has 1 rings (SSSR count). The van der Waals surface area contributed by atoms with Crippen LogP contribution in [-0.4, -0.2) is 110 Å². The third-order valence-corrected chi connectivity index (χ3v) is 15.0. The SMILES string of the molecule is CCCCCC/C=C/CCCC(O)C(O)C(COC1OC(CO)C(O)C(O)C1O)NC(=O)C(O)CCCCCCCCCCCCCCCCCC/C=C\CCCCCCCCCCCCCCCCCC. The highest BCUT2D eigenvalue weighted by atomic mass is 16.7. The Kier molecular flexibility index (Phi) is 48.0. The molecule has 72 heavy (non-hydrogen) atoms. The predicted octanol–water partition coefficient (Wildman–Crippen LogP) is 13.3. The molecule has 9 atom stereocenters. The van der Waals surface area contributed by atoms with E-state index in [1.165, 1.54) is 212 Å². The van der Waals surface area contributed by atoms with Crippen LogP contribution in [0, 0.1) is 0 Å². The van der Waals surface area contributed by atoms with Crippen molar-refractivity contribution in [3.05, 3.63) is 24.3 Å². The molecule has 0 aromatic carbocycles. The number of unbranched alkanes of at least 4 members (excludes halogenated alkanes) is 37. The molecule has 1 aliphatic rings. The number of nitrogens with one attached hydrogen (secondary N) is 1. The van der Waals surface area contributed by atoms with Gasteiger partial charge in [-0.25, -0.2) is 0 Å². The predicted molar refractivity (Wildman–Crippen MR) is 298 cm³/mol. The average Bonchev–Trinajstić information content (AvgIpc) is 3.38. The summed E-state index contributed by atoms with van der Waals surface area (Å²) in [4.78, 5) is 13.1. The fraction of sp³-hybridized carbons (Fsp3) is 0.918. The van der Waals surface area contributed by atoms with Crippen molar-refractivity contribution in [3.8, 4) is 0 Å². The van der Waals surface area contributed by atoms with E-state index in [1.54, 1.807) is 0 Å². The Morgan fingerprint density at radius 2 is 0.819 bits per heavy atom. The van der Waals surface area contributed by atoms with Gasteiger partial charge in [0.05, 0.1) is 25.4 Å². The Hall–Kier alpha value is -1.41. The molecule has 426 valence electrons. The second kappa shape index (κ2) is 50.4. The number of aliphatic hydroxyl groups is 7. The number of amides is 1. The first kappa shape index (κ1) is 68.6. The summed E-state index contributed by atoms with van der Waals surface area (Å²) in [5.41, 5.74) is 0. The van der Waals surface area contributed by atoms with E-state index in [1.807, 2.05) is 0 Å². The fourth-order valence-corrected chi connectivity index (χ4v) is 9.97. The topological polar surface area (TPSA) is 189 Å². The van der Waals surface area contributed by atoms with Gasteiger partial charge in [-0.1, -0.05) is 250 Å². The Morgan fingerprint density at radius 3 is 1.21 bits per heavy atom. The summed E-state index contributed by atoms with van der Waals surface area (Å²) < 4.78 is 11.1. The summed E-state index contributed by atoms with van der Waals surface area (Å²) in [6.45, 7) is 3.41. The van der Waals surface area contributed by atoms with Crippen molar-refractivity contribution in [2.24, 2.45) is 0 Å². The molecule has 11 nitrogen and oxygen atoms in total. The first-order valence-corrected chi connectivity index (χ1v) is 30.7. The number of ether oxygens (including phenoxy) is 2. The second-order valence-corrected chi connectivity index (χ2v) is 21.8. The lowest BCUT2D eigenvalue weighted by Gasteiger charge is -2.40. The highest BCUT2D eigenvalue weighted by Crippen LogP contribution is 2.23. The molecular weight excluding hydrogens is 907 g/mol. The van der Waals surface area contributed by atoms with Crippen LogP contribution in [0.25, 0.3) is 0 Å². The third kappa shape index (κ3) is 38.2. The van der Waals surface area contributed by atoms with Crippen LogP contribution in [0.1, 0.15) is 290 Å². The van der Waals surface area contributed by atoms with Crippen molar-refractivity contribution < 1.29 is 50.0 Å². The number of allylic oxidation sites excluding steroid dienone is 4. The maximum Gasteiger partial charge on any atom is 0.249 e. The monoisotopic (exact) mass is 1020 g/mol. The highest BCUT2D eigenvalue weighted by Gasteiger charge is 2.44. The van der Waals surface area contributed by atoms with E-state index >= 15 is 0 Å². The zero-order valence-electron chi connectivity index (χ0n) is 46.7. The Bertz CT molecular complexity index is 1220. The smallest absolute Gasteiger partial charge is 0.249 e. The number of rotatable bonds is 53. The number of hydrogen-bond donors (Lipinski definition) is 8.